The van der Waals surface area contributed by atoms with Crippen LogP contribution in [0.5, 0.6) is 0 Å². The van der Waals surface area contributed by atoms with Gasteiger partial charge in [-0.3, -0.25) is 4.90 Å². The molecule has 29 heavy (non-hydrogen) atoms. The van der Waals surface area contributed by atoms with E-state index in [0.29, 0.717) is 0 Å². The van der Waals surface area contributed by atoms with Crippen LogP contribution in [0.25, 0.3) is 0 Å². The van der Waals surface area contributed by atoms with Crippen LogP contribution in [-0.4, -0.2) is 18.0 Å². The maximum Gasteiger partial charge on any atom is 0.0314 e. The highest BCUT2D eigenvalue weighted by Crippen LogP contribution is 2.14. The van der Waals surface area contributed by atoms with Crippen molar-refractivity contribution in [2.75, 3.05) is 18.8 Å². The molecule has 0 atom stereocenters. The quantitative estimate of drug-likeness (QED) is 0.175. The van der Waals surface area contributed by atoms with Crippen molar-refractivity contribution in [2.45, 2.75) is 123 Å². The summed E-state index contributed by atoms with van der Waals surface area (Å²) >= 11 is 0. The predicted molar refractivity (Wildman–Crippen MR) is 131 cm³/mol. The number of hydrogen-bond acceptors (Lipinski definition) is 2. The number of nitrogens with two attached hydrogens (primary N) is 1. The Balaban J connectivity index is 2.23. The van der Waals surface area contributed by atoms with Crippen molar-refractivity contribution >= 4 is 5.69 Å². The standard InChI is InChI=1S/C27H50N2/c1-3-5-7-9-11-13-15-17-23-29(25-26-19-21-27(28)22-20-26)24-18-16-14-12-10-8-6-4-2/h19-22H,3-18,23-25,28H2,1-2H3. The van der Waals surface area contributed by atoms with E-state index in [4.69, 9.17) is 5.73 Å². The van der Waals surface area contributed by atoms with Crippen molar-refractivity contribution in [2.24, 2.45) is 0 Å². The number of benzene rings is 1. The first kappa shape index (κ1) is 26.0. The average molecular weight is 403 g/mol. The fourth-order valence-corrected chi connectivity index (χ4v) is 4.09. The molecular formula is C27H50N2. The minimum Gasteiger partial charge on any atom is -0.399 e. The minimum absolute atomic E-state index is 0.867. The van der Waals surface area contributed by atoms with Crippen LogP contribution in [0.15, 0.2) is 24.3 Å². The lowest BCUT2D eigenvalue weighted by Crippen LogP contribution is -2.25. The smallest absolute Gasteiger partial charge is 0.0314 e. The Bertz CT molecular complexity index is 434. The molecule has 0 bridgehead atoms. The molecule has 1 aromatic carbocycles. The van der Waals surface area contributed by atoms with Crippen LogP contribution in [-0.2, 0) is 6.54 Å². The van der Waals surface area contributed by atoms with Crippen LogP contribution in [0.1, 0.15) is 122 Å². The van der Waals surface area contributed by atoms with Gasteiger partial charge in [0.05, 0.1) is 0 Å². The summed E-state index contributed by atoms with van der Waals surface area (Å²) in [7, 11) is 0. The molecule has 0 aromatic heterocycles. The molecule has 1 aromatic rings. The van der Waals surface area contributed by atoms with Gasteiger partial charge in [0.1, 0.15) is 0 Å². The summed E-state index contributed by atoms with van der Waals surface area (Å²) in [6, 6.07) is 8.48. The van der Waals surface area contributed by atoms with Crippen LogP contribution < -0.4 is 5.73 Å². The lowest BCUT2D eigenvalue weighted by Gasteiger charge is -2.22. The molecule has 0 unspecified atom stereocenters. The lowest BCUT2D eigenvalue weighted by molar-refractivity contribution is 0.252. The Morgan fingerprint density at radius 3 is 1.34 bits per heavy atom. The number of nitrogen functional groups attached to an aromatic ring is 1. The van der Waals surface area contributed by atoms with Crippen molar-refractivity contribution in [3.63, 3.8) is 0 Å². The third-order valence-electron chi connectivity index (χ3n) is 6.04. The number of anilines is 1. The first-order valence-corrected chi connectivity index (χ1v) is 12.8. The van der Waals surface area contributed by atoms with Gasteiger partial charge in [-0.25, -0.2) is 0 Å². The average Bonchev–Trinajstić information content (AvgIpc) is 2.73. The van der Waals surface area contributed by atoms with Gasteiger partial charge in [0.25, 0.3) is 0 Å². The van der Waals surface area contributed by atoms with Crippen LogP contribution in [0.4, 0.5) is 5.69 Å². The molecule has 0 aliphatic carbocycles. The monoisotopic (exact) mass is 402 g/mol. The summed E-state index contributed by atoms with van der Waals surface area (Å²) in [5.74, 6) is 0. The molecule has 0 aliphatic rings. The zero-order chi connectivity index (χ0) is 21.0. The highest BCUT2D eigenvalue weighted by atomic mass is 15.1. The Morgan fingerprint density at radius 2 is 0.931 bits per heavy atom. The van der Waals surface area contributed by atoms with Crippen molar-refractivity contribution in [1.82, 2.24) is 4.90 Å². The summed E-state index contributed by atoms with van der Waals surface area (Å²) in [6.45, 7) is 8.16. The maximum absolute atomic E-state index is 5.86. The van der Waals surface area contributed by atoms with Crippen LogP contribution in [0.2, 0.25) is 0 Å². The summed E-state index contributed by atoms with van der Waals surface area (Å²) in [4.78, 5) is 2.68. The zero-order valence-corrected chi connectivity index (χ0v) is 19.8. The SMILES string of the molecule is CCCCCCCCCCN(CCCCCCCCCC)Cc1ccc(N)cc1. The third kappa shape index (κ3) is 15.5. The van der Waals surface area contributed by atoms with Crippen LogP contribution in [0.3, 0.4) is 0 Å². The highest BCUT2D eigenvalue weighted by molar-refractivity contribution is 5.39. The summed E-state index contributed by atoms with van der Waals surface area (Å²) in [6.07, 6.45) is 22.4. The fourth-order valence-electron chi connectivity index (χ4n) is 4.09. The second kappa shape index (κ2) is 19.0. The molecule has 0 fully saturated rings. The van der Waals surface area contributed by atoms with Crippen LogP contribution in [0, 0.1) is 0 Å². The second-order valence-electron chi connectivity index (χ2n) is 8.97. The van der Waals surface area contributed by atoms with Crippen molar-refractivity contribution in [3.05, 3.63) is 29.8 Å². The highest BCUT2D eigenvalue weighted by Gasteiger charge is 2.06. The maximum atomic E-state index is 5.86. The number of nitrogens with zero attached hydrogens (tertiary/aromatic N) is 1. The van der Waals surface area contributed by atoms with E-state index in [-0.39, 0.29) is 0 Å². The Hall–Kier alpha value is -1.02. The molecule has 168 valence electrons. The molecule has 0 spiro atoms. The zero-order valence-electron chi connectivity index (χ0n) is 19.8. The number of unbranched alkanes of at least 4 members (excludes halogenated alkanes) is 14. The van der Waals surface area contributed by atoms with Crippen molar-refractivity contribution in [1.29, 1.82) is 0 Å². The van der Waals surface area contributed by atoms with Gasteiger partial charge in [0, 0.05) is 12.2 Å². The first-order valence-electron chi connectivity index (χ1n) is 12.8. The molecule has 1 rings (SSSR count). The molecule has 0 saturated carbocycles. The van der Waals surface area contributed by atoms with E-state index in [9.17, 15) is 0 Å². The normalized spacial score (nSPS) is 11.4. The number of hydrogen-bond donors (Lipinski definition) is 1. The van der Waals surface area contributed by atoms with E-state index in [1.54, 1.807) is 0 Å². The summed E-state index contributed by atoms with van der Waals surface area (Å²) in [5, 5.41) is 0. The lowest BCUT2D eigenvalue weighted by atomic mass is 10.1. The first-order chi connectivity index (χ1) is 14.3. The molecule has 2 heteroatoms. The fraction of sp³-hybridized carbons (Fsp3) is 0.778. The molecule has 2 nitrogen and oxygen atoms in total. The van der Waals surface area contributed by atoms with E-state index in [1.165, 1.54) is 121 Å². The molecule has 0 heterocycles. The van der Waals surface area contributed by atoms with Gasteiger partial charge in [-0.2, -0.15) is 0 Å². The topological polar surface area (TPSA) is 29.3 Å². The summed E-state index contributed by atoms with van der Waals surface area (Å²) < 4.78 is 0. The van der Waals surface area contributed by atoms with Gasteiger partial charge < -0.3 is 5.73 Å². The van der Waals surface area contributed by atoms with E-state index in [0.717, 1.165) is 12.2 Å². The Morgan fingerprint density at radius 1 is 0.552 bits per heavy atom. The molecule has 0 amide bonds. The molecule has 2 N–H and O–H groups in total. The third-order valence-corrected chi connectivity index (χ3v) is 6.04. The molecule has 0 radical (unpaired) electrons. The van der Waals surface area contributed by atoms with Crippen molar-refractivity contribution in [3.8, 4) is 0 Å². The predicted octanol–water partition coefficient (Wildman–Crippen LogP) is 8.35. The molecule has 0 saturated heterocycles. The second-order valence-corrected chi connectivity index (χ2v) is 8.97. The Kier molecular flexibility index (Phi) is 17.0. The van der Waals surface area contributed by atoms with E-state index >= 15 is 0 Å². The minimum atomic E-state index is 0.867. The van der Waals surface area contributed by atoms with E-state index in [2.05, 4.69) is 30.9 Å². The van der Waals surface area contributed by atoms with E-state index < -0.39 is 0 Å². The molecular weight excluding hydrogens is 352 g/mol. The van der Waals surface area contributed by atoms with Gasteiger partial charge >= 0.3 is 0 Å². The van der Waals surface area contributed by atoms with Gasteiger partial charge in [-0.05, 0) is 43.6 Å². The van der Waals surface area contributed by atoms with Crippen LogP contribution >= 0.6 is 0 Å². The Labute approximate surface area is 182 Å². The van der Waals surface area contributed by atoms with Gasteiger partial charge in [-0.15, -0.1) is 0 Å². The number of rotatable bonds is 20. The van der Waals surface area contributed by atoms with Crippen molar-refractivity contribution < 1.29 is 0 Å². The van der Waals surface area contributed by atoms with Gasteiger partial charge in [-0.1, -0.05) is 116 Å². The largest absolute Gasteiger partial charge is 0.399 e. The van der Waals surface area contributed by atoms with E-state index in [1.807, 2.05) is 12.1 Å². The van der Waals surface area contributed by atoms with Gasteiger partial charge in [0.15, 0.2) is 0 Å². The summed E-state index contributed by atoms with van der Waals surface area (Å²) in [5.41, 5.74) is 8.13. The van der Waals surface area contributed by atoms with Gasteiger partial charge in [0.2, 0.25) is 0 Å². The molecule has 0 aliphatic heterocycles.